The molecule has 1 amide bonds. The van der Waals surface area contributed by atoms with E-state index in [-0.39, 0.29) is 12.0 Å². The summed E-state index contributed by atoms with van der Waals surface area (Å²) in [5.41, 5.74) is 0. The van der Waals surface area contributed by atoms with E-state index in [0.29, 0.717) is 18.0 Å². The first-order valence-corrected chi connectivity index (χ1v) is 6.10. The van der Waals surface area contributed by atoms with Crippen LogP contribution in [0.3, 0.4) is 0 Å². The Morgan fingerprint density at radius 2 is 2.69 bits per heavy atom. The summed E-state index contributed by atoms with van der Waals surface area (Å²) in [4.78, 5) is 16.4. The number of hydrogen-bond donors (Lipinski definition) is 2. The van der Waals surface area contributed by atoms with Gasteiger partial charge in [0.1, 0.15) is 4.88 Å². The van der Waals surface area contributed by atoms with E-state index in [9.17, 15) is 4.79 Å². The maximum Gasteiger partial charge on any atom is 0.263 e. The molecule has 6 heteroatoms. The second-order valence-electron chi connectivity index (χ2n) is 3.65. The molecule has 1 saturated heterocycles. The fraction of sp³-hybridized carbons (Fsp3) is 0.600. The summed E-state index contributed by atoms with van der Waals surface area (Å²) in [5, 5.41) is 6.97. The Hall–Kier alpha value is -0.980. The third-order valence-electron chi connectivity index (χ3n) is 2.34. The smallest absolute Gasteiger partial charge is 0.263 e. The van der Waals surface area contributed by atoms with E-state index in [4.69, 9.17) is 4.74 Å². The summed E-state index contributed by atoms with van der Waals surface area (Å²) < 4.78 is 5.48. The average molecular weight is 241 g/mol. The van der Waals surface area contributed by atoms with E-state index in [1.54, 1.807) is 6.20 Å². The summed E-state index contributed by atoms with van der Waals surface area (Å²) in [6.45, 7) is 4.82. The molecule has 1 aliphatic heterocycles. The maximum atomic E-state index is 11.7. The number of aromatic nitrogens is 1. The first-order chi connectivity index (χ1) is 7.75. The fourth-order valence-corrected chi connectivity index (χ4v) is 2.20. The molecule has 2 N–H and O–H groups in total. The van der Waals surface area contributed by atoms with Crippen molar-refractivity contribution < 1.29 is 9.53 Å². The van der Waals surface area contributed by atoms with Gasteiger partial charge < -0.3 is 15.4 Å². The van der Waals surface area contributed by atoms with Crippen molar-refractivity contribution >= 4 is 17.2 Å². The quantitative estimate of drug-likeness (QED) is 0.792. The largest absolute Gasteiger partial charge is 0.374 e. The van der Waals surface area contributed by atoms with Crippen LogP contribution in [0, 0.1) is 6.92 Å². The standard InChI is InChI=1S/C10H15N3O2S/c1-7-12-6-9(16-7)10(14)13-5-8-4-11-2-3-15-8/h6,8,11H,2-5H2,1H3,(H,13,14). The number of hydrogen-bond acceptors (Lipinski definition) is 5. The van der Waals surface area contributed by atoms with Crippen LogP contribution in [0.25, 0.3) is 0 Å². The van der Waals surface area contributed by atoms with E-state index in [0.717, 1.165) is 18.1 Å². The van der Waals surface area contributed by atoms with Crippen LogP contribution in [0.4, 0.5) is 0 Å². The lowest BCUT2D eigenvalue weighted by molar-refractivity contribution is 0.0287. The molecule has 0 bridgehead atoms. The lowest BCUT2D eigenvalue weighted by atomic mass is 10.3. The number of morpholine rings is 1. The molecule has 0 aromatic carbocycles. The third-order valence-corrected chi connectivity index (χ3v) is 3.25. The van der Waals surface area contributed by atoms with Crippen molar-refractivity contribution in [2.24, 2.45) is 0 Å². The third kappa shape index (κ3) is 3.01. The second-order valence-corrected chi connectivity index (χ2v) is 4.89. The zero-order valence-electron chi connectivity index (χ0n) is 9.16. The molecule has 0 aliphatic carbocycles. The predicted octanol–water partition coefficient (Wildman–Crippen LogP) is 0.170. The van der Waals surface area contributed by atoms with Crippen LogP contribution < -0.4 is 10.6 Å². The van der Waals surface area contributed by atoms with Gasteiger partial charge in [0, 0.05) is 19.6 Å². The summed E-state index contributed by atoms with van der Waals surface area (Å²) in [7, 11) is 0. The van der Waals surface area contributed by atoms with Crippen LogP contribution in [-0.2, 0) is 4.74 Å². The van der Waals surface area contributed by atoms with E-state index >= 15 is 0 Å². The van der Waals surface area contributed by atoms with Gasteiger partial charge in [0.25, 0.3) is 5.91 Å². The number of carbonyl (C=O) groups excluding carboxylic acids is 1. The second kappa shape index (κ2) is 5.38. The molecule has 1 atom stereocenters. The SMILES string of the molecule is Cc1ncc(C(=O)NCC2CNCCO2)s1. The summed E-state index contributed by atoms with van der Waals surface area (Å²) in [6, 6.07) is 0. The molecule has 1 aromatic heterocycles. The molecule has 0 saturated carbocycles. The van der Waals surface area contributed by atoms with Crippen molar-refractivity contribution in [2.75, 3.05) is 26.2 Å². The highest BCUT2D eigenvalue weighted by Crippen LogP contribution is 2.10. The average Bonchev–Trinajstić information content (AvgIpc) is 2.74. The van der Waals surface area contributed by atoms with Crippen molar-refractivity contribution in [3.63, 3.8) is 0 Å². The van der Waals surface area contributed by atoms with Crippen molar-refractivity contribution in [1.82, 2.24) is 15.6 Å². The van der Waals surface area contributed by atoms with E-state index < -0.39 is 0 Å². The van der Waals surface area contributed by atoms with Gasteiger partial charge in [-0.15, -0.1) is 11.3 Å². The molecule has 16 heavy (non-hydrogen) atoms. The van der Waals surface area contributed by atoms with Crippen molar-refractivity contribution in [1.29, 1.82) is 0 Å². The first kappa shape index (κ1) is 11.5. The Bertz CT molecular complexity index is 361. The highest BCUT2D eigenvalue weighted by Gasteiger charge is 2.15. The minimum absolute atomic E-state index is 0.0697. The molecular weight excluding hydrogens is 226 g/mol. The van der Waals surface area contributed by atoms with Gasteiger partial charge >= 0.3 is 0 Å². The van der Waals surface area contributed by atoms with Gasteiger partial charge in [0.15, 0.2) is 0 Å². The number of aryl methyl sites for hydroxylation is 1. The minimum atomic E-state index is -0.0697. The number of nitrogens with zero attached hydrogens (tertiary/aromatic N) is 1. The molecule has 1 aliphatic rings. The van der Waals surface area contributed by atoms with Gasteiger partial charge in [-0.25, -0.2) is 4.98 Å². The van der Waals surface area contributed by atoms with Crippen LogP contribution in [0.15, 0.2) is 6.20 Å². The topological polar surface area (TPSA) is 63.2 Å². The Morgan fingerprint density at radius 3 is 3.31 bits per heavy atom. The highest BCUT2D eigenvalue weighted by atomic mass is 32.1. The minimum Gasteiger partial charge on any atom is -0.374 e. The number of ether oxygens (including phenoxy) is 1. The van der Waals surface area contributed by atoms with Crippen LogP contribution >= 0.6 is 11.3 Å². The van der Waals surface area contributed by atoms with Crippen molar-refractivity contribution in [3.05, 3.63) is 16.1 Å². The molecule has 88 valence electrons. The van der Waals surface area contributed by atoms with Crippen molar-refractivity contribution in [3.8, 4) is 0 Å². The lowest BCUT2D eigenvalue weighted by Crippen LogP contribution is -2.45. The summed E-state index contributed by atoms with van der Waals surface area (Å²) in [6.07, 6.45) is 1.68. The highest BCUT2D eigenvalue weighted by molar-refractivity contribution is 7.13. The number of amides is 1. The van der Waals surface area contributed by atoms with Gasteiger partial charge in [-0.1, -0.05) is 0 Å². The van der Waals surface area contributed by atoms with Gasteiger partial charge in [-0.05, 0) is 6.92 Å². The van der Waals surface area contributed by atoms with Crippen molar-refractivity contribution in [2.45, 2.75) is 13.0 Å². The van der Waals surface area contributed by atoms with Gasteiger partial charge in [-0.3, -0.25) is 4.79 Å². The molecule has 1 aromatic rings. The van der Waals surface area contributed by atoms with Crippen LogP contribution in [-0.4, -0.2) is 43.2 Å². The number of carbonyl (C=O) groups is 1. The number of nitrogens with one attached hydrogen (secondary N) is 2. The van der Waals surface area contributed by atoms with Crippen LogP contribution in [0.2, 0.25) is 0 Å². The number of rotatable bonds is 3. The Kier molecular flexibility index (Phi) is 3.87. The first-order valence-electron chi connectivity index (χ1n) is 5.28. The number of thiazole rings is 1. The van der Waals surface area contributed by atoms with Crippen LogP contribution in [0.1, 0.15) is 14.7 Å². The molecule has 1 fully saturated rings. The Labute approximate surface area is 98.2 Å². The molecule has 2 rings (SSSR count). The Morgan fingerprint density at radius 1 is 1.81 bits per heavy atom. The fourth-order valence-electron chi connectivity index (χ4n) is 1.51. The molecule has 1 unspecified atom stereocenters. The van der Waals surface area contributed by atoms with Gasteiger partial charge in [0.2, 0.25) is 0 Å². The summed E-state index contributed by atoms with van der Waals surface area (Å²) >= 11 is 1.40. The normalized spacial score (nSPS) is 20.7. The monoisotopic (exact) mass is 241 g/mol. The molecule has 0 spiro atoms. The van der Waals surface area contributed by atoms with Gasteiger partial charge in [0.05, 0.1) is 23.9 Å². The van der Waals surface area contributed by atoms with E-state index in [1.807, 2.05) is 6.92 Å². The van der Waals surface area contributed by atoms with Gasteiger partial charge in [-0.2, -0.15) is 0 Å². The van der Waals surface area contributed by atoms with E-state index in [1.165, 1.54) is 11.3 Å². The Balaban J connectivity index is 1.79. The molecule has 5 nitrogen and oxygen atoms in total. The molecular formula is C10H15N3O2S. The maximum absolute atomic E-state index is 11.7. The summed E-state index contributed by atoms with van der Waals surface area (Å²) in [5.74, 6) is -0.0697. The van der Waals surface area contributed by atoms with E-state index in [2.05, 4.69) is 15.6 Å². The van der Waals surface area contributed by atoms with Crippen LogP contribution in [0.5, 0.6) is 0 Å². The zero-order valence-corrected chi connectivity index (χ0v) is 9.97. The predicted molar refractivity (Wildman–Crippen MR) is 61.8 cm³/mol. The lowest BCUT2D eigenvalue weighted by Gasteiger charge is -2.23. The molecule has 2 heterocycles. The zero-order chi connectivity index (χ0) is 11.4. The molecule has 0 radical (unpaired) electrons.